The van der Waals surface area contributed by atoms with Gasteiger partial charge >= 0.3 is 6.18 Å². The van der Waals surface area contributed by atoms with Crippen LogP contribution >= 0.6 is 0 Å². The van der Waals surface area contributed by atoms with E-state index in [-0.39, 0.29) is 17.0 Å². The first-order chi connectivity index (χ1) is 10.6. The second kappa shape index (κ2) is 6.04. The summed E-state index contributed by atoms with van der Waals surface area (Å²) in [6.45, 7) is 1.26. The Hall–Kier alpha value is -2.35. The molecule has 23 heavy (non-hydrogen) atoms. The largest absolute Gasteiger partial charge is 0.416 e. The molecule has 0 saturated carbocycles. The number of carbonyl (C=O) groups excluding carboxylic acids is 1. The van der Waals surface area contributed by atoms with Crippen molar-refractivity contribution in [3.63, 3.8) is 0 Å². The molecule has 2 aromatic carbocycles. The number of rotatable bonds is 4. The van der Waals surface area contributed by atoms with E-state index in [0.717, 1.165) is 18.2 Å². The van der Waals surface area contributed by atoms with E-state index < -0.39 is 26.7 Å². The molecule has 0 radical (unpaired) electrons. The third-order valence-corrected chi connectivity index (χ3v) is 4.39. The fourth-order valence-corrected chi connectivity index (χ4v) is 3.05. The summed E-state index contributed by atoms with van der Waals surface area (Å²) in [6, 6.07) is 9.23. The van der Waals surface area contributed by atoms with E-state index in [2.05, 4.69) is 4.72 Å². The van der Waals surface area contributed by atoms with Gasteiger partial charge < -0.3 is 0 Å². The van der Waals surface area contributed by atoms with Crippen LogP contribution in [0.5, 0.6) is 0 Å². The zero-order valence-corrected chi connectivity index (χ0v) is 12.7. The lowest BCUT2D eigenvalue weighted by Crippen LogP contribution is -2.16. The maximum Gasteiger partial charge on any atom is 0.416 e. The Labute approximate surface area is 131 Å². The second-order valence-corrected chi connectivity index (χ2v) is 6.42. The number of carbonyl (C=O) groups is 1. The smallest absolute Gasteiger partial charge is 0.294 e. The minimum Gasteiger partial charge on any atom is -0.294 e. The van der Waals surface area contributed by atoms with Crippen LogP contribution in [-0.2, 0) is 16.2 Å². The molecule has 0 fully saturated rings. The molecule has 4 nitrogen and oxygen atoms in total. The summed E-state index contributed by atoms with van der Waals surface area (Å²) in [7, 11) is -4.25. The van der Waals surface area contributed by atoms with Crippen molar-refractivity contribution >= 4 is 21.5 Å². The number of hydrogen-bond donors (Lipinski definition) is 1. The molecule has 0 bridgehead atoms. The van der Waals surface area contributed by atoms with Crippen LogP contribution in [0.3, 0.4) is 0 Å². The highest BCUT2D eigenvalue weighted by Gasteiger charge is 2.31. The molecule has 8 heteroatoms. The van der Waals surface area contributed by atoms with Crippen molar-refractivity contribution in [3.8, 4) is 0 Å². The molecule has 2 aromatic rings. The van der Waals surface area contributed by atoms with Crippen LogP contribution in [0.15, 0.2) is 53.4 Å². The molecule has 0 aliphatic rings. The van der Waals surface area contributed by atoms with Gasteiger partial charge in [-0.3, -0.25) is 9.52 Å². The molecule has 0 atom stereocenters. The number of halogens is 3. The minimum atomic E-state index is -4.65. The van der Waals surface area contributed by atoms with Crippen LogP contribution in [0.2, 0.25) is 0 Å². The predicted molar refractivity (Wildman–Crippen MR) is 78.7 cm³/mol. The fraction of sp³-hybridized carbons (Fsp3) is 0.133. The van der Waals surface area contributed by atoms with E-state index in [1.54, 1.807) is 6.07 Å². The first kappa shape index (κ1) is 17.0. The molecule has 0 aliphatic heterocycles. The number of benzene rings is 2. The van der Waals surface area contributed by atoms with Gasteiger partial charge in [-0.25, -0.2) is 8.42 Å². The number of ketones is 1. The molecule has 0 amide bonds. The molecule has 1 N–H and O–H groups in total. The third-order valence-electron chi connectivity index (χ3n) is 3.02. The van der Waals surface area contributed by atoms with Gasteiger partial charge in [-0.05, 0) is 37.3 Å². The number of nitrogens with one attached hydrogen (secondary N) is 1. The summed E-state index contributed by atoms with van der Waals surface area (Å²) in [5.41, 5.74) is -0.930. The van der Waals surface area contributed by atoms with Crippen LogP contribution in [-0.4, -0.2) is 14.2 Å². The van der Waals surface area contributed by atoms with E-state index in [0.29, 0.717) is 6.07 Å². The summed E-state index contributed by atoms with van der Waals surface area (Å²) >= 11 is 0. The van der Waals surface area contributed by atoms with Crippen molar-refractivity contribution in [2.24, 2.45) is 0 Å². The van der Waals surface area contributed by atoms with Crippen molar-refractivity contribution in [1.82, 2.24) is 0 Å². The zero-order valence-electron chi connectivity index (χ0n) is 11.9. The average molecular weight is 343 g/mol. The van der Waals surface area contributed by atoms with Gasteiger partial charge in [-0.1, -0.05) is 18.2 Å². The van der Waals surface area contributed by atoms with Gasteiger partial charge in [0.25, 0.3) is 10.0 Å². The summed E-state index contributed by atoms with van der Waals surface area (Å²) in [5.74, 6) is -0.368. The monoisotopic (exact) mass is 343 g/mol. The Morgan fingerprint density at radius 1 is 1.04 bits per heavy atom. The number of anilines is 1. The summed E-state index contributed by atoms with van der Waals surface area (Å²) in [4.78, 5) is 11.0. The first-order valence-corrected chi connectivity index (χ1v) is 7.89. The third kappa shape index (κ3) is 3.89. The molecule has 0 unspecified atom stereocenters. The van der Waals surface area contributed by atoms with Crippen molar-refractivity contribution < 1.29 is 26.4 Å². The Morgan fingerprint density at radius 2 is 1.70 bits per heavy atom. The first-order valence-electron chi connectivity index (χ1n) is 6.41. The van der Waals surface area contributed by atoms with Crippen LogP contribution in [0.1, 0.15) is 22.8 Å². The predicted octanol–water partition coefficient (Wildman–Crippen LogP) is 3.71. The number of Topliss-reactive ketones (excluding diaryl/α,β-unsaturated/α-hetero) is 1. The molecule has 2 rings (SSSR count). The highest BCUT2D eigenvalue weighted by Crippen LogP contribution is 2.31. The van der Waals surface area contributed by atoms with Crippen LogP contribution in [0.4, 0.5) is 18.9 Å². The minimum absolute atomic E-state index is 0.0115. The fourth-order valence-electron chi connectivity index (χ4n) is 1.92. The van der Waals surface area contributed by atoms with E-state index in [1.165, 1.54) is 25.1 Å². The van der Waals surface area contributed by atoms with Gasteiger partial charge in [0.05, 0.1) is 16.1 Å². The van der Waals surface area contributed by atoms with Crippen molar-refractivity contribution in [2.75, 3.05) is 4.72 Å². The van der Waals surface area contributed by atoms with Gasteiger partial charge in [0.2, 0.25) is 0 Å². The van der Waals surface area contributed by atoms with Crippen molar-refractivity contribution in [1.29, 1.82) is 0 Å². The molecular weight excluding hydrogens is 331 g/mol. The second-order valence-electron chi connectivity index (χ2n) is 4.73. The molecule has 0 saturated heterocycles. The summed E-state index contributed by atoms with van der Waals surface area (Å²) < 4.78 is 64.8. The van der Waals surface area contributed by atoms with Gasteiger partial charge in [-0.2, -0.15) is 13.2 Å². The van der Waals surface area contributed by atoms with Crippen molar-refractivity contribution in [3.05, 3.63) is 59.7 Å². The normalized spacial score (nSPS) is 12.0. The van der Waals surface area contributed by atoms with Gasteiger partial charge in [0.15, 0.2) is 5.78 Å². The quantitative estimate of drug-likeness (QED) is 0.861. The topological polar surface area (TPSA) is 63.2 Å². The Kier molecular flexibility index (Phi) is 4.46. The van der Waals surface area contributed by atoms with Crippen LogP contribution in [0.25, 0.3) is 0 Å². The SMILES string of the molecule is CC(=O)c1ccccc1NS(=O)(=O)c1cccc(C(F)(F)F)c1. The van der Waals surface area contributed by atoms with Crippen LogP contribution < -0.4 is 4.72 Å². The molecule has 0 aliphatic carbocycles. The average Bonchev–Trinajstić information content (AvgIpc) is 2.46. The molecule has 0 heterocycles. The van der Waals surface area contributed by atoms with Crippen molar-refractivity contribution in [2.45, 2.75) is 18.0 Å². The van der Waals surface area contributed by atoms with Gasteiger partial charge in [0, 0.05) is 5.56 Å². The maximum absolute atomic E-state index is 12.7. The number of alkyl halides is 3. The van der Waals surface area contributed by atoms with E-state index in [4.69, 9.17) is 0 Å². The summed E-state index contributed by atoms with van der Waals surface area (Å²) in [5, 5.41) is 0. The van der Waals surface area contributed by atoms with E-state index in [9.17, 15) is 26.4 Å². The Morgan fingerprint density at radius 3 is 2.30 bits per heavy atom. The van der Waals surface area contributed by atoms with Crippen LogP contribution in [0, 0.1) is 0 Å². The van der Waals surface area contributed by atoms with Gasteiger partial charge in [0.1, 0.15) is 0 Å². The Bertz CT molecular complexity index is 845. The standard InChI is InChI=1S/C15H12F3NO3S/c1-10(20)13-7-2-3-8-14(13)19-23(21,22)12-6-4-5-11(9-12)15(16,17)18/h2-9,19H,1H3. The highest BCUT2D eigenvalue weighted by atomic mass is 32.2. The highest BCUT2D eigenvalue weighted by molar-refractivity contribution is 7.92. The number of hydrogen-bond acceptors (Lipinski definition) is 3. The van der Waals surface area contributed by atoms with E-state index in [1.807, 2.05) is 0 Å². The Balaban J connectivity index is 2.43. The molecule has 0 spiro atoms. The lowest BCUT2D eigenvalue weighted by molar-refractivity contribution is -0.137. The lowest BCUT2D eigenvalue weighted by atomic mass is 10.1. The zero-order chi connectivity index (χ0) is 17.3. The molecule has 122 valence electrons. The van der Waals surface area contributed by atoms with Gasteiger partial charge in [-0.15, -0.1) is 0 Å². The number of para-hydroxylation sites is 1. The lowest BCUT2D eigenvalue weighted by Gasteiger charge is -2.12. The summed E-state index contributed by atoms with van der Waals surface area (Å²) in [6.07, 6.45) is -4.65. The van der Waals surface area contributed by atoms with E-state index >= 15 is 0 Å². The maximum atomic E-state index is 12.7. The molecular formula is C15H12F3NO3S. The molecule has 0 aromatic heterocycles. The number of sulfonamides is 1.